The molecule has 1 saturated heterocycles. The summed E-state index contributed by atoms with van der Waals surface area (Å²) in [6.45, 7) is 6.74. The van der Waals surface area contributed by atoms with Crippen LogP contribution >= 0.6 is 11.8 Å². The summed E-state index contributed by atoms with van der Waals surface area (Å²) in [6.07, 6.45) is 0.931. The first-order valence-corrected chi connectivity index (χ1v) is 10.0. The maximum atomic E-state index is 12.9. The lowest BCUT2D eigenvalue weighted by Crippen LogP contribution is -2.33. The summed E-state index contributed by atoms with van der Waals surface area (Å²) in [6, 6.07) is 5.73. The molecule has 118 valence electrons. The standard InChI is InChI=1S/C15H24N2O2S2/c1-3-16-12-14-6-5-13(2)15(11-14)21(18,19)17-7-4-9-20-10-8-17/h5-6,11,16H,3-4,7-10,12H2,1-2H3. The van der Waals surface area contributed by atoms with Gasteiger partial charge in [0.2, 0.25) is 10.0 Å². The molecular formula is C15H24N2O2S2. The number of sulfonamides is 1. The molecule has 0 aromatic heterocycles. The van der Waals surface area contributed by atoms with E-state index in [-0.39, 0.29) is 0 Å². The Hall–Kier alpha value is -0.560. The highest BCUT2D eigenvalue weighted by atomic mass is 32.2. The zero-order valence-electron chi connectivity index (χ0n) is 12.8. The van der Waals surface area contributed by atoms with Crippen molar-refractivity contribution in [2.75, 3.05) is 31.1 Å². The number of nitrogens with zero attached hydrogens (tertiary/aromatic N) is 1. The van der Waals surface area contributed by atoms with E-state index >= 15 is 0 Å². The maximum Gasteiger partial charge on any atom is 0.243 e. The molecule has 21 heavy (non-hydrogen) atoms. The molecule has 0 aliphatic carbocycles. The first kappa shape index (κ1) is 16.8. The van der Waals surface area contributed by atoms with Gasteiger partial charge in [0.15, 0.2) is 0 Å². The highest BCUT2D eigenvalue weighted by molar-refractivity contribution is 7.99. The third-order valence-electron chi connectivity index (χ3n) is 3.63. The van der Waals surface area contributed by atoms with E-state index in [9.17, 15) is 8.42 Å². The lowest BCUT2D eigenvalue weighted by Gasteiger charge is -2.21. The van der Waals surface area contributed by atoms with E-state index in [1.54, 1.807) is 4.31 Å². The molecule has 1 aromatic carbocycles. The van der Waals surface area contributed by atoms with Crippen molar-refractivity contribution >= 4 is 21.8 Å². The number of hydrogen-bond donors (Lipinski definition) is 1. The first-order valence-electron chi connectivity index (χ1n) is 7.44. The molecule has 0 amide bonds. The van der Waals surface area contributed by atoms with Gasteiger partial charge in [0.25, 0.3) is 0 Å². The van der Waals surface area contributed by atoms with Gasteiger partial charge in [-0.25, -0.2) is 8.42 Å². The molecular weight excluding hydrogens is 304 g/mol. The van der Waals surface area contributed by atoms with Crippen LogP contribution < -0.4 is 5.32 Å². The largest absolute Gasteiger partial charge is 0.313 e. The Labute approximate surface area is 132 Å². The van der Waals surface area contributed by atoms with E-state index in [4.69, 9.17) is 0 Å². The highest BCUT2D eigenvalue weighted by Crippen LogP contribution is 2.23. The van der Waals surface area contributed by atoms with Gasteiger partial charge < -0.3 is 5.32 Å². The minimum absolute atomic E-state index is 0.463. The second-order valence-electron chi connectivity index (χ2n) is 5.25. The van der Waals surface area contributed by atoms with Crippen molar-refractivity contribution < 1.29 is 8.42 Å². The highest BCUT2D eigenvalue weighted by Gasteiger charge is 2.26. The summed E-state index contributed by atoms with van der Waals surface area (Å²) in [5.41, 5.74) is 1.84. The van der Waals surface area contributed by atoms with Crippen molar-refractivity contribution in [3.8, 4) is 0 Å². The average Bonchev–Trinajstić information content (AvgIpc) is 2.75. The Morgan fingerprint density at radius 1 is 1.29 bits per heavy atom. The molecule has 6 heteroatoms. The van der Waals surface area contributed by atoms with E-state index < -0.39 is 10.0 Å². The summed E-state index contributed by atoms with van der Waals surface area (Å²) in [4.78, 5) is 0.463. The fourth-order valence-electron chi connectivity index (χ4n) is 2.40. The number of thioether (sulfide) groups is 1. The van der Waals surface area contributed by atoms with Crippen LogP contribution in [0.25, 0.3) is 0 Å². The van der Waals surface area contributed by atoms with Gasteiger partial charge >= 0.3 is 0 Å². The van der Waals surface area contributed by atoms with Gasteiger partial charge in [-0.05, 0) is 42.8 Å². The zero-order chi connectivity index (χ0) is 15.3. The number of hydrogen-bond acceptors (Lipinski definition) is 4. The van der Waals surface area contributed by atoms with Crippen molar-refractivity contribution in [2.24, 2.45) is 0 Å². The normalized spacial score (nSPS) is 17.6. The Morgan fingerprint density at radius 2 is 2.10 bits per heavy atom. The van der Waals surface area contributed by atoms with Gasteiger partial charge in [-0.2, -0.15) is 16.1 Å². The van der Waals surface area contributed by atoms with Crippen molar-refractivity contribution in [3.63, 3.8) is 0 Å². The molecule has 1 aliphatic heterocycles. The minimum atomic E-state index is -3.37. The van der Waals surface area contributed by atoms with Gasteiger partial charge in [-0.15, -0.1) is 0 Å². The second kappa shape index (κ2) is 7.63. The van der Waals surface area contributed by atoms with E-state index in [0.29, 0.717) is 24.5 Å². The Bertz CT molecular complexity index is 565. The molecule has 1 N–H and O–H groups in total. The van der Waals surface area contributed by atoms with Gasteiger partial charge in [-0.3, -0.25) is 0 Å². The monoisotopic (exact) mass is 328 g/mol. The van der Waals surface area contributed by atoms with E-state index in [0.717, 1.165) is 35.6 Å². The van der Waals surface area contributed by atoms with Gasteiger partial charge in [-0.1, -0.05) is 19.1 Å². The fraction of sp³-hybridized carbons (Fsp3) is 0.600. The van der Waals surface area contributed by atoms with Crippen LogP contribution in [0.15, 0.2) is 23.1 Å². The maximum absolute atomic E-state index is 12.9. The van der Waals surface area contributed by atoms with Crippen molar-refractivity contribution in [1.82, 2.24) is 9.62 Å². The van der Waals surface area contributed by atoms with Crippen LogP contribution in [0, 0.1) is 6.92 Å². The SMILES string of the molecule is CCNCc1ccc(C)c(S(=O)(=O)N2CCCSCC2)c1. The van der Waals surface area contributed by atoms with Crippen molar-refractivity contribution in [3.05, 3.63) is 29.3 Å². The molecule has 0 spiro atoms. The lowest BCUT2D eigenvalue weighted by atomic mass is 10.1. The van der Waals surface area contributed by atoms with Crippen LogP contribution in [-0.4, -0.2) is 43.9 Å². The zero-order valence-corrected chi connectivity index (χ0v) is 14.4. The van der Waals surface area contributed by atoms with Gasteiger partial charge in [0.05, 0.1) is 4.90 Å². The summed E-state index contributed by atoms with van der Waals surface area (Å²) in [5.74, 6) is 1.93. The topological polar surface area (TPSA) is 49.4 Å². The summed E-state index contributed by atoms with van der Waals surface area (Å²) in [5, 5.41) is 3.24. The Balaban J connectivity index is 2.29. The van der Waals surface area contributed by atoms with Crippen LogP contribution in [0.2, 0.25) is 0 Å². The molecule has 0 atom stereocenters. The number of aryl methyl sites for hydroxylation is 1. The molecule has 0 radical (unpaired) electrons. The average molecular weight is 329 g/mol. The van der Waals surface area contributed by atoms with E-state index in [1.807, 2.05) is 43.8 Å². The number of rotatable bonds is 5. The molecule has 4 nitrogen and oxygen atoms in total. The van der Waals surface area contributed by atoms with Crippen LogP contribution in [0.3, 0.4) is 0 Å². The summed E-state index contributed by atoms with van der Waals surface area (Å²) < 4.78 is 27.4. The minimum Gasteiger partial charge on any atom is -0.313 e. The number of benzene rings is 1. The predicted molar refractivity (Wildman–Crippen MR) is 89.3 cm³/mol. The molecule has 2 rings (SSSR count). The second-order valence-corrected chi connectivity index (χ2v) is 8.38. The van der Waals surface area contributed by atoms with Crippen LogP contribution in [0.5, 0.6) is 0 Å². The Kier molecular flexibility index (Phi) is 6.10. The molecule has 1 aliphatic rings. The fourth-order valence-corrected chi connectivity index (χ4v) is 5.16. The van der Waals surface area contributed by atoms with Gasteiger partial charge in [0, 0.05) is 25.4 Å². The molecule has 1 aromatic rings. The van der Waals surface area contributed by atoms with Crippen molar-refractivity contribution in [1.29, 1.82) is 0 Å². The van der Waals surface area contributed by atoms with Gasteiger partial charge in [0.1, 0.15) is 0 Å². The van der Waals surface area contributed by atoms with Crippen LogP contribution in [0.4, 0.5) is 0 Å². The molecule has 1 heterocycles. The van der Waals surface area contributed by atoms with E-state index in [1.165, 1.54) is 0 Å². The lowest BCUT2D eigenvalue weighted by molar-refractivity contribution is 0.434. The van der Waals surface area contributed by atoms with E-state index in [2.05, 4.69) is 5.32 Å². The summed E-state index contributed by atoms with van der Waals surface area (Å²) in [7, 11) is -3.37. The molecule has 0 saturated carbocycles. The summed E-state index contributed by atoms with van der Waals surface area (Å²) >= 11 is 1.83. The number of nitrogens with one attached hydrogen (secondary N) is 1. The van der Waals surface area contributed by atoms with Crippen LogP contribution in [0.1, 0.15) is 24.5 Å². The Morgan fingerprint density at radius 3 is 2.86 bits per heavy atom. The third kappa shape index (κ3) is 4.22. The predicted octanol–water partition coefficient (Wildman–Crippen LogP) is 2.23. The smallest absolute Gasteiger partial charge is 0.243 e. The molecule has 1 fully saturated rings. The van der Waals surface area contributed by atoms with Crippen molar-refractivity contribution in [2.45, 2.75) is 31.7 Å². The quantitative estimate of drug-likeness (QED) is 0.900. The molecule has 0 bridgehead atoms. The molecule has 0 unspecified atom stereocenters. The first-order chi connectivity index (χ1) is 10.1. The third-order valence-corrected chi connectivity index (χ3v) is 6.72. The van der Waals surface area contributed by atoms with Crippen LogP contribution in [-0.2, 0) is 16.6 Å².